The third-order valence-electron chi connectivity index (χ3n) is 3.48. The van der Waals surface area contributed by atoms with Crippen molar-refractivity contribution in [3.05, 3.63) is 67.8 Å². The maximum atomic E-state index is 12.1. The average molecular weight is 380 g/mol. The second kappa shape index (κ2) is 8.06. The van der Waals surface area contributed by atoms with E-state index in [4.69, 9.17) is 9.52 Å². The van der Waals surface area contributed by atoms with E-state index >= 15 is 0 Å². The molecule has 0 aliphatic heterocycles. The number of nitro groups is 1. The van der Waals surface area contributed by atoms with Crippen LogP contribution in [0.3, 0.4) is 0 Å². The molecule has 10 heteroatoms. The maximum absolute atomic E-state index is 12.1. The molecule has 1 N–H and O–H groups in total. The van der Waals surface area contributed by atoms with Crippen LogP contribution in [-0.4, -0.2) is 25.6 Å². The Bertz CT molecular complexity index is 1100. The Labute approximate surface area is 188 Å². The summed E-state index contributed by atoms with van der Waals surface area (Å²) in [7, 11) is 1.59. The fraction of sp³-hybridized carbons (Fsp3) is 0.0625. The van der Waals surface area contributed by atoms with E-state index in [-0.39, 0.29) is 74.0 Å². The maximum Gasteiger partial charge on any atom is 1.00 e. The number of carboxylic acid groups (broad SMARTS) is 1. The quantitative estimate of drug-likeness (QED) is 0.360. The normalized spacial score (nSPS) is 10.8. The molecule has 0 saturated carbocycles. The van der Waals surface area contributed by atoms with Crippen molar-refractivity contribution < 1.29 is 70.6 Å². The molecule has 0 unspecified atom stereocenters. The first-order valence-electron chi connectivity index (χ1n) is 7.03. The number of pyridine rings is 2. The van der Waals surface area contributed by atoms with Crippen LogP contribution in [0.25, 0.3) is 23.2 Å². The van der Waals surface area contributed by atoms with Gasteiger partial charge in [-0.2, -0.15) is 0 Å². The van der Waals surface area contributed by atoms with Crippen LogP contribution in [0.2, 0.25) is 0 Å². The summed E-state index contributed by atoms with van der Waals surface area (Å²) in [6.07, 6.45) is 4.28. The molecule has 3 aromatic heterocycles. The second-order valence-corrected chi connectivity index (χ2v) is 5.16. The van der Waals surface area contributed by atoms with Gasteiger partial charge < -0.3 is 14.1 Å². The molecule has 0 radical (unpaired) electrons. The van der Waals surface area contributed by atoms with Crippen LogP contribution in [0.1, 0.15) is 21.8 Å². The van der Waals surface area contributed by atoms with Crippen LogP contribution in [0, 0.1) is 10.1 Å². The van der Waals surface area contributed by atoms with Crippen LogP contribution in [-0.2, 0) is 7.05 Å². The van der Waals surface area contributed by atoms with Gasteiger partial charge in [-0.3, -0.25) is 14.9 Å². The topological polar surface area (TPSA) is 128 Å². The predicted molar refractivity (Wildman–Crippen MR) is 88.2 cm³/mol. The average Bonchev–Trinajstić information content (AvgIpc) is 3.05. The smallest absolute Gasteiger partial charge is 0.477 e. The number of aromatic nitrogens is 2. The van der Waals surface area contributed by atoms with Gasteiger partial charge in [-0.15, -0.1) is 0 Å². The number of hydrogen-bond donors (Lipinski definition) is 1. The molecule has 3 heterocycles. The second-order valence-electron chi connectivity index (χ2n) is 5.16. The van der Waals surface area contributed by atoms with Gasteiger partial charge >= 0.3 is 63.2 Å². The van der Waals surface area contributed by atoms with Gasteiger partial charge in [0.05, 0.1) is 17.1 Å². The van der Waals surface area contributed by atoms with Crippen molar-refractivity contribution >= 4 is 35.0 Å². The molecule has 0 atom stereocenters. The molecule has 0 saturated heterocycles. The molecular formula is C16H11KN3O6+. The number of fused-ring (bicyclic) bond motifs is 1. The zero-order valence-electron chi connectivity index (χ0n) is 13.9. The number of aryl methyl sites for hydroxylation is 1. The number of carboxylic acids is 1. The molecule has 0 spiro atoms. The molecule has 3 aromatic rings. The van der Waals surface area contributed by atoms with Crippen molar-refractivity contribution in [2.45, 2.75) is 0 Å². The van der Waals surface area contributed by atoms with Gasteiger partial charge in [0.1, 0.15) is 21.9 Å². The SMILES string of the molecule is Cn1cc(C(=O)O)c(=O)c2ccc(/C=C/c3ccc([N+](=O)[O-])o3)nc21.[K+]. The Hall–Kier alpha value is -2.11. The molecule has 0 bridgehead atoms. The van der Waals surface area contributed by atoms with Crippen LogP contribution in [0.5, 0.6) is 0 Å². The molecular weight excluding hydrogens is 369 g/mol. The van der Waals surface area contributed by atoms with E-state index in [1.165, 1.54) is 35.0 Å². The molecule has 0 aliphatic carbocycles. The first-order valence-corrected chi connectivity index (χ1v) is 7.03. The summed E-state index contributed by atoms with van der Waals surface area (Å²) in [5.74, 6) is -1.38. The Morgan fingerprint density at radius 2 is 2.04 bits per heavy atom. The van der Waals surface area contributed by atoms with Gasteiger partial charge in [-0.25, -0.2) is 9.78 Å². The van der Waals surface area contributed by atoms with Crippen molar-refractivity contribution in [3.63, 3.8) is 0 Å². The Balaban J connectivity index is 0.00000243. The van der Waals surface area contributed by atoms with Crippen LogP contribution < -0.4 is 56.8 Å². The zero-order chi connectivity index (χ0) is 18.1. The minimum atomic E-state index is -1.30. The van der Waals surface area contributed by atoms with Gasteiger partial charge in [0.25, 0.3) is 0 Å². The monoisotopic (exact) mass is 380 g/mol. The summed E-state index contributed by atoms with van der Waals surface area (Å²) in [5.41, 5.74) is -0.138. The Morgan fingerprint density at radius 1 is 1.31 bits per heavy atom. The number of aromatic carboxylic acids is 1. The standard InChI is InChI=1S/C16H11N3O6.K/c1-18-8-12(16(21)22)14(20)11-6-3-9(17-15(11)18)2-4-10-5-7-13(25-10)19(23)24;/h2-8H,1H3,(H,21,22);/q;+1/b4-2+;. The van der Waals surface area contributed by atoms with E-state index in [2.05, 4.69) is 4.98 Å². The third kappa shape index (κ3) is 4.00. The first kappa shape index (κ1) is 20.2. The minimum Gasteiger partial charge on any atom is -0.477 e. The number of carbonyl (C=O) groups is 1. The molecule has 126 valence electrons. The largest absolute Gasteiger partial charge is 1.00 e. The van der Waals surface area contributed by atoms with E-state index < -0.39 is 16.3 Å². The van der Waals surface area contributed by atoms with Gasteiger partial charge in [-0.1, -0.05) is 0 Å². The van der Waals surface area contributed by atoms with Gasteiger partial charge in [-0.05, 0) is 30.4 Å². The van der Waals surface area contributed by atoms with Crippen LogP contribution >= 0.6 is 0 Å². The summed E-state index contributed by atoms with van der Waals surface area (Å²) in [6, 6.07) is 5.72. The molecule has 0 aromatic carbocycles. The molecule has 26 heavy (non-hydrogen) atoms. The van der Waals surface area contributed by atoms with Crippen LogP contribution in [0.4, 0.5) is 5.88 Å². The van der Waals surface area contributed by atoms with Crippen molar-refractivity contribution in [1.82, 2.24) is 9.55 Å². The summed E-state index contributed by atoms with van der Waals surface area (Å²) in [6.45, 7) is 0. The fourth-order valence-electron chi connectivity index (χ4n) is 2.31. The van der Waals surface area contributed by atoms with E-state index in [0.717, 1.165) is 0 Å². The van der Waals surface area contributed by atoms with Crippen molar-refractivity contribution in [3.8, 4) is 0 Å². The van der Waals surface area contributed by atoms with Gasteiger partial charge in [0.2, 0.25) is 5.43 Å². The van der Waals surface area contributed by atoms with E-state index in [1.807, 2.05) is 0 Å². The number of nitrogens with zero attached hydrogens (tertiary/aromatic N) is 3. The van der Waals surface area contributed by atoms with E-state index in [0.29, 0.717) is 11.3 Å². The fourth-order valence-corrected chi connectivity index (χ4v) is 2.31. The number of furan rings is 1. The summed E-state index contributed by atoms with van der Waals surface area (Å²) in [4.78, 5) is 37.5. The zero-order valence-corrected chi connectivity index (χ0v) is 17.0. The summed E-state index contributed by atoms with van der Waals surface area (Å²) >= 11 is 0. The molecule has 0 amide bonds. The predicted octanol–water partition coefficient (Wildman–Crippen LogP) is -0.693. The summed E-state index contributed by atoms with van der Waals surface area (Å²) < 4.78 is 6.46. The van der Waals surface area contributed by atoms with Gasteiger partial charge in [0, 0.05) is 13.2 Å². The summed E-state index contributed by atoms with van der Waals surface area (Å²) in [5, 5.41) is 19.8. The number of hydrogen-bond acceptors (Lipinski definition) is 6. The van der Waals surface area contributed by atoms with Gasteiger partial charge in [0.15, 0.2) is 0 Å². The molecule has 0 fully saturated rings. The Kier molecular flexibility index (Phi) is 6.26. The van der Waals surface area contributed by atoms with Crippen molar-refractivity contribution in [2.75, 3.05) is 0 Å². The van der Waals surface area contributed by atoms with Crippen LogP contribution in [0.15, 0.2) is 39.7 Å². The van der Waals surface area contributed by atoms with Crippen molar-refractivity contribution in [1.29, 1.82) is 0 Å². The van der Waals surface area contributed by atoms with Crippen molar-refractivity contribution in [2.24, 2.45) is 7.05 Å². The Morgan fingerprint density at radius 3 is 2.65 bits per heavy atom. The molecule has 3 rings (SSSR count). The third-order valence-corrected chi connectivity index (χ3v) is 3.48. The minimum absolute atomic E-state index is 0. The van der Waals surface area contributed by atoms with E-state index in [1.54, 1.807) is 19.2 Å². The number of rotatable bonds is 4. The van der Waals surface area contributed by atoms with E-state index in [9.17, 15) is 19.7 Å². The first-order chi connectivity index (χ1) is 11.9. The molecule has 0 aliphatic rings. The molecule has 9 nitrogen and oxygen atoms in total.